The maximum atomic E-state index is 12.0. The van der Waals surface area contributed by atoms with Crippen LogP contribution in [0, 0.1) is 5.92 Å². The van der Waals surface area contributed by atoms with E-state index in [1.54, 1.807) is 0 Å². The van der Waals surface area contributed by atoms with Crippen molar-refractivity contribution in [3.8, 4) is 11.1 Å². The Morgan fingerprint density at radius 2 is 1.60 bits per heavy atom. The van der Waals surface area contributed by atoms with Crippen LogP contribution < -0.4 is 10.4 Å². The van der Waals surface area contributed by atoms with Gasteiger partial charge in [0.25, 0.3) is 0 Å². The summed E-state index contributed by atoms with van der Waals surface area (Å²) in [6, 6.07) is 15.2. The molecule has 0 radical (unpaired) electrons. The number of ether oxygens (including phenoxy) is 1. The van der Waals surface area contributed by atoms with Gasteiger partial charge in [0, 0.05) is 5.92 Å². The second-order valence-electron chi connectivity index (χ2n) is 6.60. The molecule has 1 saturated carbocycles. The first-order chi connectivity index (χ1) is 12.1. The number of hydrogen-bond donors (Lipinski definition) is 1. The first-order valence-corrected chi connectivity index (χ1v) is 8.47. The number of amides is 1. The van der Waals surface area contributed by atoms with E-state index in [0.717, 1.165) is 35.1 Å². The summed E-state index contributed by atoms with van der Waals surface area (Å²) in [7, 11) is 0. The highest BCUT2D eigenvalue weighted by atomic mass is 16.5. The van der Waals surface area contributed by atoms with Crippen molar-refractivity contribution in [1.82, 2.24) is 5.32 Å². The maximum absolute atomic E-state index is 12.0. The van der Waals surface area contributed by atoms with Crippen molar-refractivity contribution in [3.05, 3.63) is 59.7 Å². The molecule has 0 heterocycles. The van der Waals surface area contributed by atoms with Gasteiger partial charge in [0.1, 0.15) is 6.61 Å². The number of benzene rings is 2. The van der Waals surface area contributed by atoms with E-state index >= 15 is 0 Å². The van der Waals surface area contributed by atoms with Gasteiger partial charge in [-0.2, -0.15) is 0 Å². The van der Waals surface area contributed by atoms with E-state index in [9.17, 15) is 14.7 Å². The largest absolute Gasteiger partial charge is 0.548 e. The summed E-state index contributed by atoms with van der Waals surface area (Å²) in [5, 5.41) is 13.5. The molecule has 1 N–H and O–H groups in total. The lowest BCUT2D eigenvalue weighted by Crippen LogP contribution is -2.49. The fourth-order valence-corrected chi connectivity index (χ4v) is 3.57. The fraction of sp³-hybridized carbons (Fsp3) is 0.300. The van der Waals surface area contributed by atoms with Gasteiger partial charge in [-0.05, 0) is 41.0 Å². The van der Waals surface area contributed by atoms with Gasteiger partial charge in [-0.1, -0.05) is 48.5 Å². The zero-order chi connectivity index (χ0) is 17.4. The Morgan fingerprint density at radius 3 is 2.12 bits per heavy atom. The van der Waals surface area contributed by atoms with Crippen LogP contribution in [0.4, 0.5) is 4.79 Å². The van der Waals surface area contributed by atoms with E-state index in [4.69, 9.17) is 4.74 Å². The number of hydrogen-bond acceptors (Lipinski definition) is 4. The summed E-state index contributed by atoms with van der Waals surface area (Å²) in [4.78, 5) is 23.2. The second kappa shape index (κ2) is 6.24. The van der Waals surface area contributed by atoms with E-state index < -0.39 is 18.1 Å². The van der Waals surface area contributed by atoms with Crippen LogP contribution in [-0.2, 0) is 9.53 Å². The molecule has 4 rings (SSSR count). The molecule has 0 bridgehead atoms. The molecule has 2 aromatic carbocycles. The number of aliphatic carboxylic acids is 1. The molecule has 25 heavy (non-hydrogen) atoms. The molecule has 5 nitrogen and oxygen atoms in total. The quantitative estimate of drug-likeness (QED) is 0.906. The number of carbonyl (C=O) groups excluding carboxylic acids is 2. The third-order valence-electron chi connectivity index (χ3n) is 4.96. The lowest BCUT2D eigenvalue weighted by molar-refractivity contribution is -0.308. The molecule has 2 aliphatic carbocycles. The van der Waals surface area contributed by atoms with Crippen molar-refractivity contribution in [2.24, 2.45) is 5.92 Å². The van der Waals surface area contributed by atoms with Crippen LogP contribution in [0.3, 0.4) is 0 Å². The summed E-state index contributed by atoms with van der Waals surface area (Å²) in [6.45, 7) is 0.171. The number of alkyl carbamates (subject to hydrolysis) is 1. The van der Waals surface area contributed by atoms with E-state index in [1.165, 1.54) is 0 Å². The highest BCUT2D eigenvalue weighted by molar-refractivity contribution is 5.80. The highest BCUT2D eigenvalue weighted by Gasteiger charge is 2.34. The zero-order valence-corrected chi connectivity index (χ0v) is 13.6. The van der Waals surface area contributed by atoms with Crippen molar-refractivity contribution >= 4 is 12.1 Å². The zero-order valence-electron chi connectivity index (χ0n) is 13.6. The van der Waals surface area contributed by atoms with Crippen LogP contribution in [-0.4, -0.2) is 24.7 Å². The Kier molecular flexibility index (Phi) is 3.92. The van der Waals surface area contributed by atoms with Crippen molar-refractivity contribution in [2.45, 2.75) is 24.8 Å². The third-order valence-corrected chi connectivity index (χ3v) is 4.96. The van der Waals surface area contributed by atoms with Crippen LogP contribution >= 0.6 is 0 Å². The molecule has 0 unspecified atom stereocenters. The molecular weight excluding hydrogens is 318 g/mol. The maximum Gasteiger partial charge on any atom is 0.407 e. The second-order valence-corrected chi connectivity index (χ2v) is 6.60. The number of carboxylic acid groups (broad SMARTS) is 1. The van der Waals surface area contributed by atoms with Crippen molar-refractivity contribution < 1.29 is 19.4 Å². The molecule has 2 aliphatic rings. The molecule has 1 amide bonds. The normalized spacial score (nSPS) is 16.6. The predicted molar refractivity (Wildman–Crippen MR) is 89.7 cm³/mol. The number of nitrogens with one attached hydrogen (secondary N) is 1. The van der Waals surface area contributed by atoms with Gasteiger partial charge >= 0.3 is 6.09 Å². The average Bonchev–Trinajstić information content (AvgIpc) is 3.40. The van der Waals surface area contributed by atoms with Crippen LogP contribution in [0.25, 0.3) is 11.1 Å². The first kappa shape index (κ1) is 15.7. The number of carboxylic acids is 1. The predicted octanol–water partition coefficient (Wildman–Crippen LogP) is 2.05. The molecule has 5 heteroatoms. The molecule has 0 spiro atoms. The number of carbonyl (C=O) groups is 2. The molecule has 1 atom stereocenters. The minimum atomic E-state index is -1.25. The first-order valence-electron chi connectivity index (χ1n) is 8.47. The standard InChI is InChI=1S/C20H19NO4/c22-19(23)18(12-9-10-12)21-20(24)25-11-17-15-7-3-1-5-13(15)14-6-2-4-8-16(14)17/h1-8,12,17-18H,9-11H2,(H,21,24)(H,22,23)/p-1/t18-/m0/s1. The number of rotatable bonds is 5. The van der Waals surface area contributed by atoms with Crippen LogP contribution in [0.1, 0.15) is 29.9 Å². The van der Waals surface area contributed by atoms with E-state index in [1.807, 2.05) is 36.4 Å². The Labute approximate surface area is 145 Å². The Morgan fingerprint density at radius 1 is 1.04 bits per heavy atom. The molecule has 0 saturated heterocycles. The Bertz CT molecular complexity index is 782. The highest BCUT2D eigenvalue weighted by Crippen LogP contribution is 2.44. The topological polar surface area (TPSA) is 78.5 Å². The van der Waals surface area contributed by atoms with E-state index in [0.29, 0.717) is 0 Å². The molecule has 1 fully saturated rings. The summed E-state index contributed by atoms with van der Waals surface area (Å²) in [6.07, 6.45) is 0.882. The van der Waals surface area contributed by atoms with Gasteiger partial charge in [-0.15, -0.1) is 0 Å². The Hall–Kier alpha value is -2.82. The molecule has 128 valence electrons. The minimum Gasteiger partial charge on any atom is -0.548 e. The smallest absolute Gasteiger partial charge is 0.407 e. The fourth-order valence-electron chi connectivity index (χ4n) is 3.57. The van der Waals surface area contributed by atoms with Gasteiger partial charge in [-0.3, -0.25) is 0 Å². The summed E-state index contributed by atoms with van der Waals surface area (Å²) >= 11 is 0. The van der Waals surface area contributed by atoms with Gasteiger partial charge in [0.05, 0.1) is 12.0 Å². The van der Waals surface area contributed by atoms with Crippen LogP contribution in [0.5, 0.6) is 0 Å². The average molecular weight is 336 g/mol. The molecule has 0 aliphatic heterocycles. The number of fused-ring (bicyclic) bond motifs is 3. The minimum absolute atomic E-state index is 0.0366. The lowest BCUT2D eigenvalue weighted by atomic mass is 9.98. The molecule has 2 aromatic rings. The Balaban J connectivity index is 1.47. The van der Waals surface area contributed by atoms with Gasteiger partial charge in [0.2, 0.25) is 0 Å². The van der Waals surface area contributed by atoms with Crippen LogP contribution in [0.15, 0.2) is 48.5 Å². The molecular formula is C20H18NO4-. The lowest BCUT2D eigenvalue weighted by Gasteiger charge is -2.20. The van der Waals surface area contributed by atoms with Crippen molar-refractivity contribution in [1.29, 1.82) is 0 Å². The summed E-state index contributed by atoms with van der Waals surface area (Å²) < 4.78 is 5.36. The monoisotopic (exact) mass is 336 g/mol. The van der Waals surface area contributed by atoms with Crippen LogP contribution in [0.2, 0.25) is 0 Å². The SMILES string of the molecule is O=C(N[C@H](C(=O)[O-])C1CC1)OCC1c2ccccc2-c2ccccc21. The van der Waals surface area contributed by atoms with Gasteiger partial charge in [-0.25, -0.2) is 4.79 Å². The van der Waals surface area contributed by atoms with Crippen molar-refractivity contribution in [2.75, 3.05) is 6.61 Å². The van der Waals surface area contributed by atoms with Gasteiger partial charge < -0.3 is 20.0 Å². The summed E-state index contributed by atoms with van der Waals surface area (Å²) in [5.74, 6) is -1.33. The van der Waals surface area contributed by atoms with E-state index in [2.05, 4.69) is 17.4 Å². The molecule has 0 aromatic heterocycles. The van der Waals surface area contributed by atoms with E-state index in [-0.39, 0.29) is 18.4 Å². The summed E-state index contributed by atoms with van der Waals surface area (Å²) in [5.41, 5.74) is 4.54. The van der Waals surface area contributed by atoms with Gasteiger partial charge in [0.15, 0.2) is 0 Å². The van der Waals surface area contributed by atoms with Crippen molar-refractivity contribution in [3.63, 3.8) is 0 Å². The third kappa shape index (κ3) is 2.97.